The molecule has 7 heteroatoms. The molecule has 0 aromatic heterocycles. The monoisotopic (exact) mass is 339 g/mol. The van der Waals surface area contributed by atoms with Crippen LogP contribution >= 0.6 is 0 Å². The van der Waals surface area contributed by atoms with E-state index in [-0.39, 0.29) is 12.5 Å². The maximum absolute atomic E-state index is 11.7. The van der Waals surface area contributed by atoms with Crippen molar-refractivity contribution in [3.63, 3.8) is 0 Å². The molecule has 0 saturated carbocycles. The molecule has 0 radical (unpaired) electrons. The molecular formula is C17H25NO6. The highest BCUT2D eigenvalue weighted by Gasteiger charge is 2.16. The number of anilines is 1. The standard InChI is InChI=1S/C17H25NO6/c1-20-17(19)14-18-6-7-21-8-9-22-10-11-23-12-13-24-16-5-3-2-4-15(16)18/h2-5H,6-14H2,1H3. The second-order valence-electron chi connectivity index (χ2n) is 5.15. The maximum atomic E-state index is 11.7. The molecule has 1 aliphatic rings. The lowest BCUT2D eigenvalue weighted by atomic mass is 10.2. The van der Waals surface area contributed by atoms with Crippen LogP contribution in [-0.2, 0) is 23.7 Å². The predicted molar refractivity (Wildman–Crippen MR) is 88.6 cm³/mol. The highest BCUT2D eigenvalue weighted by Crippen LogP contribution is 2.28. The first-order valence-corrected chi connectivity index (χ1v) is 8.08. The third-order valence-corrected chi connectivity index (χ3v) is 3.49. The minimum atomic E-state index is -0.311. The lowest BCUT2D eigenvalue weighted by Gasteiger charge is -2.25. The van der Waals surface area contributed by atoms with Gasteiger partial charge in [0.05, 0.1) is 52.4 Å². The van der Waals surface area contributed by atoms with E-state index in [2.05, 4.69) is 0 Å². The lowest BCUT2D eigenvalue weighted by Crippen LogP contribution is -2.34. The van der Waals surface area contributed by atoms with Gasteiger partial charge in [0, 0.05) is 6.54 Å². The van der Waals surface area contributed by atoms with E-state index in [1.165, 1.54) is 7.11 Å². The van der Waals surface area contributed by atoms with Crippen LogP contribution in [0.5, 0.6) is 5.75 Å². The van der Waals surface area contributed by atoms with Gasteiger partial charge in [-0.1, -0.05) is 12.1 Å². The van der Waals surface area contributed by atoms with E-state index < -0.39 is 0 Å². The Morgan fingerprint density at radius 1 is 1.00 bits per heavy atom. The van der Waals surface area contributed by atoms with Crippen LogP contribution in [0.1, 0.15) is 0 Å². The van der Waals surface area contributed by atoms with Crippen LogP contribution < -0.4 is 9.64 Å². The zero-order valence-corrected chi connectivity index (χ0v) is 14.1. The van der Waals surface area contributed by atoms with Crippen LogP contribution in [0, 0.1) is 0 Å². The second-order valence-corrected chi connectivity index (χ2v) is 5.15. The zero-order chi connectivity index (χ0) is 17.0. The Balaban J connectivity index is 2.10. The SMILES string of the molecule is COC(=O)CN1CCOCCOCCOCCOc2ccccc21. The lowest BCUT2D eigenvalue weighted by molar-refractivity contribution is -0.139. The number of methoxy groups -OCH3 is 1. The molecule has 1 aromatic carbocycles. The van der Waals surface area contributed by atoms with E-state index in [1.54, 1.807) is 0 Å². The molecule has 0 saturated heterocycles. The molecule has 0 aliphatic carbocycles. The van der Waals surface area contributed by atoms with Crippen molar-refractivity contribution >= 4 is 11.7 Å². The highest BCUT2D eigenvalue weighted by atomic mass is 16.6. The van der Waals surface area contributed by atoms with Gasteiger partial charge in [0.2, 0.25) is 0 Å². The van der Waals surface area contributed by atoms with Crippen molar-refractivity contribution in [1.82, 2.24) is 0 Å². The Hall–Kier alpha value is -1.83. The van der Waals surface area contributed by atoms with Crippen molar-refractivity contribution in [1.29, 1.82) is 0 Å². The van der Waals surface area contributed by atoms with Gasteiger partial charge in [-0.15, -0.1) is 0 Å². The second kappa shape index (κ2) is 10.9. The molecule has 2 rings (SSSR count). The normalized spacial score (nSPS) is 17.8. The highest BCUT2D eigenvalue weighted by molar-refractivity contribution is 5.76. The number of esters is 1. The molecule has 0 unspecified atom stereocenters. The van der Waals surface area contributed by atoms with Crippen molar-refractivity contribution in [3.8, 4) is 5.75 Å². The molecule has 0 amide bonds. The van der Waals surface area contributed by atoms with Gasteiger partial charge in [-0.05, 0) is 12.1 Å². The molecule has 7 nitrogen and oxygen atoms in total. The molecule has 134 valence electrons. The summed E-state index contributed by atoms with van der Waals surface area (Å²) in [5.41, 5.74) is 0.831. The largest absolute Gasteiger partial charge is 0.489 e. The van der Waals surface area contributed by atoms with Crippen molar-refractivity contribution in [2.45, 2.75) is 0 Å². The molecule has 1 aliphatic heterocycles. The Kier molecular flexibility index (Phi) is 8.37. The summed E-state index contributed by atoms with van der Waals surface area (Å²) in [6.07, 6.45) is 0. The van der Waals surface area contributed by atoms with E-state index in [4.69, 9.17) is 23.7 Å². The van der Waals surface area contributed by atoms with Gasteiger partial charge in [0.25, 0.3) is 0 Å². The van der Waals surface area contributed by atoms with E-state index in [0.29, 0.717) is 58.5 Å². The molecule has 24 heavy (non-hydrogen) atoms. The zero-order valence-electron chi connectivity index (χ0n) is 14.1. The summed E-state index contributed by atoms with van der Waals surface area (Å²) < 4.78 is 27.0. The number of para-hydroxylation sites is 2. The van der Waals surface area contributed by atoms with Gasteiger partial charge < -0.3 is 28.6 Å². The minimum absolute atomic E-state index is 0.132. The summed E-state index contributed by atoms with van der Waals surface area (Å²) in [5.74, 6) is 0.394. The van der Waals surface area contributed by atoms with E-state index in [9.17, 15) is 4.79 Å². The van der Waals surface area contributed by atoms with Crippen LogP contribution in [-0.4, -0.2) is 72.4 Å². The number of hydrogen-bond donors (Lipinski definition) is 0. The topological polar surface area (TPSA) is 66.5 Å². The number of carbonyl (C=O) groups is 1. The smallest absolute Gasteiger partial charge is 0.325 e. The number of carbonyl (C=O) groups excluding carboxylic acids is 1. The van der Waals surface area contributed by atoms with E-state index in [1.807, 2.05) is 29.2 Å². The summed E-state index contributed by atoms with van der Waals surface area (Å²) in [6.45, 7) is 4.15. The number of benzene rings is 1. The minimum Gasteiger partial charge on any atom is -0.489 e. The van der Waals surface area contributed by atoms with Crippen LogP contribution in [0.25, 0.3) is 0 Å². The molecule has 1 heterocycles. The van der Waals surface area contributed by atoms with Crippen molar-refractivity contribution in [3.05, 3.63) is 24.3 Å². The van der Waals surface area contributed by atoms with Crippen molar-refractivity contribution in [2.24, 2.45) is 0 Å². The van der Waals surface area contributed by atoms with Crippen molar-refractivity contribution < 1.29 is 28.5 Å². The number of hydrogen-bond acceptors (Lipinski definition) is 7. The summed E-state index contributed by atoms with van der Waals surface area (Å²) in [5, 5.41) is 0. The van der Waals surface area contributed by atoms with E-state index >= 15 is 0 Å². The fourth-order valence-electron chi connectivity index (χ4n) is 2.27. The maximum Gasteiger partial charge on any atom is 0.325 e. The first-order valence-electron chi connectivity index (χ1n) is 8.08. The Morgan fingerprint density at radius 2 is 1.62 bits per heavy atom. The number of ether oxygens (including phenoxy) is 5. The van der Waals surface area contributed by atoms with Gasteiger partial charge in [-0.25, -0.2) is 0 Å². The Morgan fingerprint density at radius 3 is 2.33 bits per heavy atom. The fourth-order valence-corrected chi connectivity index (χ4v) is 2.27. The summed E-state index contributed by atoms with van der Waals surface area (Å²) in [4.78, 5) is 13.6. The van der Waals surface area contributed by atoms with Crippen LogP contribution in [0.2, 0.25) is 0 Å². The fraction of sp³-hybridized carbons (Fsp3) is 0.588. The van der Waals surface area contributed by atoms with Gasteiger partial charge in [0.1, 0.15) is 18.9 Å². The van der Waals surface area contributed by atoms with E-state index in [0.717, 1.165) is 5.69 Å². The van der Waals surface area contributed by atoms with Gasteiger partial charge in [-0.3, -0.25) is 4.79 Å². The first-order chi connectivity index (χ1) is 11.8. The quantitative estimate of drug-likeness (QED) is 0.748. The molecule has 1 aromatic rings. The third-order valence-electron chi connectivity index (χ3n) is 3.49. The summed E-state index contributed by atoms with van der Waals surface area (Å²) in [7, 11) is 1.38. The van der Waals surface area contributed by atoms with Crippen molar-refractivity contribution in [2.75, 3.05) is 71.3 Å². The van der Waals surface area contributed by atoms with Crippen LogP contribution in [0.4, 0.5) is 5.69 Å². The average molecular weight is 339 g/mol. The van der Waals surface area contributed by atoms with Crippen LogP contribution in [0.15, 0.2) is 24.3 Å². The molecule has 0 atom stereocenters. The summed E-state index contributed by atoms with van der Waals surface area (Å²) >= 11 is 0. The first kappa shape index (κ1) is 18.5. The van der Waals surface area contributed by atoms with Gasteiger partial charge in [-0.2, -0.15) is 0 Å². The molecule has 0 bridgehead atoms. The molecule has 0 N–H and O–H groups in total. The predicted octanol–water partition coefficient (Wildman–Crippen LogP) is 1.11. The Bertz CT molecular complexity index is 496. The molecule has 0 spiro atoms. The third kappa shape index (κ3) is 6.35. The van der Waals surface area contributed by atoms with Gasteiger partial charge >= 0.3 is 5.97 Å². The average Bonchev–Trinajstić information content (AvgIpc) is 2.62. The summed E-state index contributed by atoms with van der Waals surface area (Å²) in [6, 6.07) is 7.60. The van der Waals surface area contributed by atoms with Gasteiger partial charge in [0.15, 0.2) is 0 Å². The number of fused-ring (bicyclic) bond motifs is 1. The van der Waals surface area contributed by atoms with Crippen LogP contribution in [0.3, 0.4) is 0 Å². The molecular weight excluding hydrogens is 314 g/mol. The molecule has 0 fully saturated rings. The number of rotatable bonds is 2. The number of nitrogens with zero attached hydrogens (tertiary/aromatic N) is 1. The Labute approximate surface area is 142 Å².